The van der Waals surface area contributed by atoms with Gasteiger partial charge in [-0.2, -0.15) is 0 Å². The fourth-order valence-electron chi connectivity index (χ4n) is 3.64. The summed E-state index contributed by atoms with van der Waals surface area (Å²) in [4.78, 5) is 0. The summed E-state index contributed by atoms with van der Waals surface area (Å²) in [7, 11) is 0. The second-order valence-corrected chi connectivity index (χ2v) is 5.72. The zero-order valence-corrected chi connectivity index (χ0v) is 10.3. The van der Waals surface area contributed by atoms with Gasteiger partial charge in [-0.15, -0.1) is 0 Å². The molecule has 0 heterocycles. The van der Waals surface area contributed by atoms with Crippen molar-refractivity contribution in [3.8, 4) is 0 Å². The van der Waals surface area contributed by atoms with E-state index in [4.69, 9.17) is 0 Å². The third-order valence-corrected chi connectivity index (χ3v) is 4.55. The molecule has 4 atom stereocenters. The minimum absolute atomic E-state index is 0.135. The van der Waals surface area contributed by atoms with Crippen LogP contribution in [0.25, 0.3) is 0 Å². The van der Waals surface area contributed by atoms with Crippen LogP contribution in [0.5, 0.6) is 0 Å². The maximum absolute atomic E-state index is 13.2. The summed E-state index contributed by atoms with van der Waals surface area (Å²) in [5.41, 5.74) is 1.06. The highest BCUT2D eigenvalue weighted by molar-refractivity contribution is 5.20. The largest absolute Gasteiger partial charge is 0.307 e. The first-order valence-electron chi connectivity index (χ1n) is 6.74. The molecule has 1 aromatic carbocycles. The van der Waals surface area contributed by atoms with Crippen molar-refractivity contribution >= 4 is 0 Å². The average molecular weight is 233 g/mol. The Morgan fingerprint density at radius 3 is 2.82 bits per heavy atom. The van der Waals surface area contributed by atoms with Crippen LogP contribution in [0, 0.1) is 17.7 Å². The van der Waals surface area contributed by atoms with Crippen molar-refractivity contribution in [3.05, 3.63) is 35.6 Å². The standard InChI is InChI=1S/C15H20FN/c1-10(12-3-2-4-14(16)9-12)17-15-8-11-5-6-13(15)7-11/h2-4,9-11,13,15,17H,5-8H2,1H3. The monoisotopic (exact) mass is 233 g/mol. The van der Waals surface area contributed by atoms with Gasteiger partial charge in [0.15, 0.2) is 0 Å². The van der Waals surface area contributed by atoms with E-state index in [-0.39, 0.29) is 11.9 Å². The number of benzene rings is 1. The van der Waals surface area contributed by atoms with Gasteiger partial charge < -0.3 is 5.32 Å². The Balaban J connectivity index is 1.65. The predicted octanol–water partition coefficient (Wildman–Crippen LogP) is 3.66. The molecule has 17 heavy (non-hydrogen) atoms. The first-order valence-corrected chi connectivity index (χ1v) is 6.74. The lowest BCUT2D eigenvalue weighted by atomic mass is 9.94. The average Bonchev–Trinajstić information content (AvgIpc) is 2.91. The maximum atomic E-state index is 13.2. The molecule has 0 saturated heterocycles. The van der Waals surface area contributed by atoms with Crippen molar-refractivity contribution in [1.29, 1.82) is 0 Å². The molecule has 0 aromatic heterocycles. The fourth-order valence-corrected chi connectivity index (χ4v) is 3.64. The van der Waals surface area contributed by atoms with Crippen molar-refractivity contribution in [2.75, 3.05) is 0 Å². The number of nitrogens with one attached hydrogen (secondary N) is 1. The summed E-state index contributed by atoms with van der Waals surface area (Å²) < 4.78 is 13.2. The summed E-state index contributed by atoms with van der Waals surface area (Å²) in [5, 5.41) is 3.69. The van der Waals surface area contributed by atoms with E-state index in [1.165, 1.54) is 31.7 Å². The van der Waals surface area contributed by atoms with E-state index in [1.807, 2.05) is 6.07 Å². The molecule has 0 radical (unpaired) electrons. The predicted molar refractivity (Wildman–Crippen MR) is 67.2 cm³/mol. The molecule has 0 aliphatic heterocycles. The highest BCUT2D eigenvalue weighted by Gasteiger charge is 2.39. The Bertz CT molecular complexity index is 404. The Hall–Kier alpha value is -0.890. The van der Waals surface area contributed by atoms with Gasteiger partial charge in [-0.1, -0.05) is 18.6 Å². The van der Waals surface area contributed by atoms with E-state index >= 15 is 0 Å². The van der Waals surface area contributed by atoms with Crippen molar-refractivity contribution in [2.45, 2.75) is 44.7 Å². The molecule has 4 unspecified atom stereocenters. The fraction of sp³-hybridized carbons (Fsp3) is 0.600. The van der Waals surface area contributed by atoms with Crippen molar-refractivity contribution < 1.29 is 4.39 Å². The zero-order valence-electron chi connectivity index (χ0n) is 10.3. The summed E-state index contributed by atoms with van der Waals surface area (Å²) in [6.45, 7) is 2.14. The van der Waals surface area contributed by atoms with Crippen LogP contribution < -0.4 is 5.32 Å². The molecule has 2 fully saturated rings. The van der Waals surface area contributed by atoms with Crippen LogP contribution in [0.1, 0.15) is 44.2 Å². The minimum atomic E-state index is -0.135. The summed E-state index contributed by atoms with van der Waals surface area (Å²) in [5.74, 6) is 1.69. The molecule has 2 aliphatic carbocycles. The van der Waals surface area contributed by atoms with Crippen LogP contribution in [0.15, 0.2) is 24.3 Å². The normalized spacial score (nSPS) is 32.9. The highest BCUT2D eigenvalue weighted by Crippen LogP contribution is 2.45. The summed E-state index contributed by atoms with van der Waals surface area (Å²) in [6, 6.07) is 7.87. The third kappa shape index (κ3) is 2.23. The quantitative estimate of drug-likeness (QED) is 0.840. The number of fused-ring (bicyclic) bond motifs is 2. The molecule has 0 spiro atoms. The smallest absolute Gasteiger partial charge is 0.123 e. The van der Waals surface area contributed by atoms with Gasteiger partial charge in [0, 0.05) is 12.1 Å². The van der Waals surface area contributed by atoms with Crippen LogP contribution in [0.2, 0.25) is 0 Å². The Morgan fingerprint density at radius 1 is 1.29 bits per heavy atom. The van der Waals surface area contributed by atoms with Crippen LogP contribution in [-0.2, 0) is 0 Å². The van der Waals surface area contributed by atoms with Crippen molar-refractivity contribution in [3.63, 3.8) is 0 Å². The van der Waals surface area contributed by atoms with Crippen molar-refractivity contribution in [2.24, 2.45) is 11.8 Å². The van der Waals surface area contributed by atoms with E-state index < -0.39 is 0 Å². The van der Waals surface area contributed by atoms with E-state index in [2.05, 4.69) is 12.2 Å². The van der Waals surface area contributed by atoms with Crippen molar-refractivity contribution in [1.82, 2.24) is 5.32 Å². The van der Waals surface area contributed by atoms with E-state index in [9.17, 15) is 4.39 Å². The van der Waals surface area contributed by atoms with Gasteiger partial charge in [-0.25, -0.2) is 4.39 Å². The molecule has 2 saturated carbocycles. The second kappa shape index (κ2) is 4.41. The number of hydrogen-bond donors (Lipinski definition) is 1. The molecule has 2 aliphatic rings. The van der Waals surface area contributed by atoms with Crippen LogP contribution in [0.3, 0.4) is 0 Å². The third-order valence-electron chi connectivity index (χ3n) is 4.55. The molecule has 1 aromatic rings. The van der Waals surface area contributed by atoms with Crippen LogP contribution in [-0.4, -0.2) is 6.04 Å². The van der Waals surface area contributed by atoms with Gasteiger partial charge in [0.2, 0.25) is 0 Å². The lowest BCUT2D eigenvalue weighted by molar-refractivity contribution is 0.326. The number of rotatable bonds is 3. The van der Waals surface area contributed by atoms with Gasteiger partial charge in [0.1, 0.15) is 5.82 Å². The van der Waals surface area contributed by atoms with E-state index in [1.54, 1.807) is 12.1 Å². The number of halogens is 1. The first kappa shape index (κ1) is 11.2. The van der Waals surface area contributed by atoms with E-state index in [0.717, 1.165) is 17.4 Å². The van der Waals surface area contributed by atoms with Crippen LogP contribution in [0.4, 0.5) is 4.39 Å². The van der Waals surface area contributed by atoms with E-state index in [0.29, 0.717) is 6.04 Å². The molecule has 1 nitrogen and oxygen atoms in total. The number of hydrogen-bond acceptors (Lipinski definition) is 1. The Morgan fingerprint density at radius 2 is 2.18 bits per heavy atom. The van der Waals surface area contributed by atoms with Gasteiger partial charge in [0.25, 0.3) is 0 Å². The molecule has 2 heteroatoms. The molecule has 3 rings (SSSR count). The molecule has 0 amide bonds. The van der Waals surface area contributed by atoms with Gasteiger partial charge in [-0.3, -0.25) is 0 Å². The highest BCUT2D eigenvalue weighted by atomic mass is 19.1. The lowest BCUT2D eigenvalue weighted by Gasteiger charge is -2.27. The molecule has 1 N–H and O–H groups in total. The summed E-state index contributed by atoms with van der Waals surface area (Å²) in [6.07, 6.45) is 5.55. The molecule has 92 valence electrons. The Labute approximate surface area is 102 Å². The summed E-state index contributed by atoms with van der Waals surface area (Å²) >= 11 is 0. The molecular formula is C15H20FN. The lowest BCUT2D eigenvalue weighted by Crippen LogP contribution is -2.35. The van der Waals surface area contributed by atoms with Gasteiger partial charge >= 0.3 is 0 Å². The first-order chi connectivity index (χ1) is 8.22. The SMILES string of the molecule is CC(NC1CC2CCC1C2)c1cccc(F)c1. The molecular weight excluding hydrogens is 213 g/mol. The van der Waals surface area contributed by atoms with Gasteiger partial charge in [-0.05, 0) is 55.7 Å². The van der Waals surface area contributed by atoms with Crippen LogP contribution >= 0.6 is 0 Å². The van der Waals surface area contributed by atoms with Gasteiger partial charge in [0.05, 0.1) is 0 Å². The molecule has 2 bridgehead atoms. The maximum Gasteiger partial charge on any atom is 0.123 e. The minimum Gasteiger partial charge on any atom is -0.307 e. The zero-order chi connectivity index (χ0) is 11.8. The topological polar surface area (TPSA) is 12.0 Å². The second-order valence-electron chi connectivity index (χ2n) is 5.72. The Kier molecular flexibility index (Phi) is 2.91.